The Kier molecular flexibility index (Phi) is 23.9. The van der Waals surface area contributed by atoms with Crippen molar-refractivity contribution in [3.05, 3.63) is 70.8 Å². The fourth-order valence-corrected chi connectivity index (χ4v) is 7.14. The van der Waals surface area contributed by atoms with E-state index in [-0.39, 0.29) is 66.9 Å². The van der Waals surface area contributed by atoms with Crippen molar-refractivity contribution in [3.63, 3.8) is 0 Å². The first-order valence-corrected chi connectivity index (χ1v) is 23.7. The molecule has 18 nitrogen and oxygen atoms in total. The minimum Gasteiger partial charge on any atom is -0.481 e. The first-order chi connectivity index (χ1) is 32.2. The summed E-state index contributed by atoms with van der Waals surface area (Å²) in [5.41, 5.74) is 0.359. The van der Waals surface area contributed by atoms with Gasteiger partial charge in [0.2, 0.25) is 5.78 Å². The summed E-state index contributed by atoms with van der Waals surface area (Å²) in [5.74, 6) is -4.23. The summed E-state index contributed by atoms with van der Waals surface area (Å²) in [7, 11) is 0. The third-order valence-corrected chi connectivity index (χ3v) is 11.1. The van der Waals surface area contributed by atoms with Crippen molar-refractivity contribution in [3.8, 4) is 0 Å². The van der Waals surface area contributed by atoms with Crippen LogP contribution in [0.15, 0.2) is 48.5 Å². The maximum absolute atomic E-state index is 12.9. The zero-order valence-electron chi connectivity index (χ0n) is 41.3. The van der Waals surface area contributed by atoms with Gasteiger partial charge in [0.1, 0.15) is 11.2 Å². The number of nitrogens with zero attached hydrogens (tertiary/aromatic N) is 2. The molecule has 4 rings (SSSR count). The predicted molar refractivity (Wildman–Crippen MR) is 255 cm³/mol. The number of piperidine rings is 2. The zero-order valence-corrected chi connectivity index (χ0v) is 42.8. The molecule has 19 heteroatoms. The molecule has 0 radical (unpaired) electrons. The van der Waals surface area contributed by atoms with Gasteiger partial charge in [0.15, 0.2) is 22.2 Å². The lowest BCUT2D eigenvalue weighted by molar-refractivity contribution is -0.164. The number of benzene rings is 2. The van der Waals surface area contributed by atoms with Crippen LogP contribution in [0.4, 0.5) is 9.59 Å². The molecule has 0 aromatic heterocycles. The van der Waals surface area contributed by atoms with E-state index < -0.39 is 57.9 Å². The molecule has 2 amide bonds. The van der Waals surface area contributed by atoms with E-state index in [1.165, 1.54) is 50.2 Å². The quantitative estimate of drug-likeness (QED) is 0.0582. The molecule has 1 N–H and O–H groups in total. The van der Waals surface area contributed by atoms with Crippen LogP contribution >= 0.6 is 15.9 Å². The molecule has 0 saturated carbocycles. The number of carbonyl (C=O) groups excluding carboxylic acids is 9. The molecule has 0 aliphatic carbocycles. The Balaban J connectivity index is 0.000000392. The van der Waals surface area contributed by atoms with Gasteiger partial charge in [0, 0.05) is 61.3 Å². The highest BCUT2D eigenvalue weighted by atomic mass is 79.9. The van der Waals surface area contributed by atoms with Gasteiger partial charge in [0.25, 0.3) is 6.10 Å². The highest BCUT2D eigenvalue weighted by molar-refractivity contribution is 9.10. The van der Waals surface area contributed by atoms with Crippen LogP contribution in [0, 0.1) is 11.8 Å². The minimum atomic E-state index is -1.72. The van der Waals surface area contributed by atoms with Gasteiger partial charge in [-0.1, -0.05) is 64.5 Å². The molecule has 2 saturated heterocycles. The molecular weight excluding hydrogens is 964 g/mol. The van der Waals surface area contributed by atoms with Gasteiger partial charge in [-0.05, 0) is 107 Å². The fourth-order valence-electron chi connectivity index (χ4n) is 6.74. The van der Waals surface area contributed by atoms with Crippen molar-refractivity contribution in [2.45, 2.75) is 130 Å². The number of rotatable bonds is 15. The number of ether oxygens (including phenoxy) is 5. The number of hydrogen-bond acceptors (Lipinski definition) is 15. The van der Waals surface area contributed by atoms with Gasteiger partial charge >= 0.3 is 36.1 Å². The first kappa shape index (κ1) is 59.1. The SMILES string of the molecule is CC(C)(C)OC(=O)N1CCC(CC(=O)O)CC1.CCOC(=O)C(Br)C(=O)c1ccc(C(C)=O)cc1.CCOC(=O)C(OC(=O)CC1CCN(C(=O)OC(C)(C)C)CC1)C(=O)c1ccc(C(C)=O)cc1. The number of aliphatic carboxylic acids is 1. The Morgan fingerprint density at radius 2 is 0.928 bits per heavy atom. The van der Waals surface area contributed by atoms with Gasteiger partial charge in [-0.2, -0.15) is 0 Å². The molecule has 2 aromatic rings. The van der Waals surface area contributed by atoms with E-state index in [1.807, 2.05) is 20.8 Å². The number of Topliss-reactive ketones (excluding diaryl/α,β-unsaturated/α-hetero) is 4. The summed E-state index contributed by atoms with van der Waals surface area (Å²) < 4.78 is 25.6. The molecule has 2 unspecified atom stereocenters. The molecule has 0 spiro atoms. The molecular formula is C50H67BrN2O16. The predicted octanol–water partition coefficient (Wildman–Crippen LogP) is 8.09. The number of carbonyl (C=O) groups is 10. The largest absolute Gasteiger partial charge is 0.481 e. The maximum atomic E-state index is 12.9. The molecule has 2 atom stereocenters. The lowest BCUT2D eigenvalue weighted by Crippen LogP contribution is -2.42. The van der Waals surface area contributed by atoms with Crippen LogP contribution < -0.4 is 0 Å². The molecule has 0 bridgehead atoms. The number of halogens is 1. The van der Waals surface area contributed by atoms with E-state index in [0.29, 0.717) is 55.7 Å². The second kappa shape index (κ2) is 27.9. The van der Waals surface area contributed by atoms with Crippen LogP contribution in [-0.2, 0) is 42.9 Å². The van der Waals surface area contributed by atoms with Crippen molar-refractivity contribution in [2.24, 2.45) is 11.8 Å². The minimum absolute atomic E-state index is 0.00855. The van der Waals surface area contributed by atoms with E-state index in [1.54, 1.807) is 56.6 Å². The Morgan fingerprint density at radius 3 is 1.28 bits per heavy atom. The lowest BCUT2D eigenvalue weighted by atomic mass is 9.94. The summed E-state index contributed by atoms with van der Waals surface area (Å²) in [6, 6.07) is 11.9. The average Bonchev–Trinajstić information content (AvgIpc) is 3.27. The highest BCUT2D eigenvalue weighted by Gasteiger charge is 2.35. The molecule has 380 valence electrons. The van der Waals surface area contributed by atoms with Crippen LogP contribution in [-0.4, -0.2) is 136 Å². The summed E-state index contributed by atoms with van der Waals surface area (Å²) >= 11 is 3.00. The van der Waals surface area contributed by atoms with Crippen molar-refractivity contribution in [1.29, 1.82) is 0 Å². The van der Waals surface area contributed by atoms with Gasteiger partial charge < -0.3 is 38.6 Å². The van der Waals surface area contributed by atoms with Crippen molar-refractivity contribution < 1.29 is 76.7 Å². The van der Waals surface area contributed by atoms with E-state index in [2.05, 4.69) is 15.9 Å². The van der Waals surface area contributed by atoms with Crippen LogP contribution in [0.25, 0.3) is 0 Å². The number of carboxylic acids is 1. The monoisotopic (exact) mass is 1030 g/mol. The topological polar surface area (TPSA) is 244 Å². The van der Waals surface area contributed by atoms with Gasteiger partial charge in [-0.3, -0.25) is 33.6 Å². The van der Waals surface area contributed by atoms with E-state index in [9.17, 15) is 47.9 Å². The molecule has 2 aromatic carbocycles. The lowest BCUT2D eigenvalue weighted by Gasteiger charge is -2.33. The molecule has 69 heavy (non-hydrogen) atoms. The maximum Gasteiger partial charge on any atom is 0.410 e. The summed E-state index contributed by atoms with van der Waals surface area (Å²) in [4.78, 5) is 120. The number of esters is 3. The van der Waals surface area contributed by atoms with Crippen molar-refractivity contribution >= 4 is 75.1 Å². The Hall–Kier alpha value is -5.98. The number of hydrogen-bond donors (Lipinski definition) is 1. The normalized spacial score (nSPS) is 15.0. The smallest absolute Gasteiger partial charge is 0.410 e. The average molecular weight is 1030 g/mol. The number of alkyl halides is 1. The van der Waals surface area contributed by atoms with Crippen LogP contribution in [0.1, 0.15) is 149 Å². The van der Waals surface area contributed by atoms with Gasteiger partial charge in [-0.15, -0.1) is 0 Å². The van der Waals surface area contributed by atoms with Crippen LogP contribution in [0.2, 0.25) is 0 Å². The number of amides is 2. The standard InChI is InChI=1S/C25H33NO8.C13H13BrO4.C12H21NO4/c1-6-32-23(30)22(21(29)19-9-7-18(8-10-19)16(2)27)33-20(28)15-17-11-13-26(14-12-17)24(31)34-25(3,4)5;1-3-18-13(17)11(14)12(16)10-6-4-9(5-7-10)8(2)15;1-12(2,3)17-11(16)13-6-4-9(5-7-13)8-10(14)15/h7-10,17,22H,6,11-15H2,1-5H3;4-7,11H,3H2,1-2H3;9H,4-8H2,1-3H3,(H,14,15). The van der Waals surface area contributed by atoms with E-state index >= 15 is 0 Å². The Morgan fingerprint density at radius 1 is 0.580 bits per heavy atom. The summed E-state index contributed by atoms with van der Waals surface area (Å²) in [5, 5.41) is 8.69. The zero-order chi connectivity index (χ0) is 52.2. The molecule has 2 aliphatic heterocycles. The fraction of sp³-hybridized carbons (Fsp3) is 0.560. The van der Waals surface area contributed by atoms with E-state index in [4.69, 9.17) is 28.8 Å². The molecule has 2 aliphatic rings. The molecule has 2 heterocycles. The Labute approximate surface area is 412 Å². The van der Waals surface area contributed by atoms with Crippen LogP contribution in [0.5, 0.6) is 0 Å². The van der Waals surface area contributed by atoms with Crippen molar-refractivity contribution in [1.82, 2.24) is 9.80 Å². The number of carboxylic acid groups (broad SMARTS) is 1. The third-order valence-electron chi connectivity index (χ3n) is 10.3. The number of likely N-dealkylation sites (tertiary alicyclic amines) is 2. The van der Waals surface area contributed by atoms with E-state index in [0.717, 1.165) is 12.8 Å². The van der Waals surface area contributed by atoms with Crippen LogP contribution in [0.3, 0.4) is 0 Å². The third kappa shape index (κ3) is 21.5. The Bertz CT molecular complexity index is 2110. The van der Waals surface area contributed by atoms with Gasteiger partial charge in [-0.25, -0.2) is 14.4 Å². The second-order valence-electron chi connectivity index (χ2n) is 18.4. The highest BCUT2D eigenvalue weighted by Crippen LogP contribution is 2.25. The first-order valence-electron chi connectivity index (χ1n) is 22.8. The number of ketones is 4. The second-order valence-corrected chi connectivity index (χ2v) is 19.3. The van der Waals surface area contributed by atoms with Crippen molar-refractivity contribution in [2.75, 3.05) is 39.4 Å². The molecule has 2 fully saturated rings. The van der Waals surface area contributed by atoms with Gasteiger partial charge in [0.05, 0.1) is 13.2 Å². The summed E-state index contributed by atoms with van der Waals surface area (Å²) in [6.07, 6.45) is 0.409. The summed E-state index contributed by atoms with van der Waals surface area (Å²) in [6.45, 7) is 19.3.